The molecule has 2 rings (SSSR count). The first-order valence-electron chi connectivity index (χ1n) is 11.5. The van der Waals surface area contributed by atoms with Crippen molar-refractivity contribution < 1.29 is 38.1 Å². The molecule has 0 saturated heterocycles. The summed E-state index contributed by atoms with van der Waals surface area (Å²) in [5.74, 6) is -2.94. The van der Waals surface area contributed by atoms with Gasteiger partial charge in [-0.1, -0.05) is 36.4 Å². The van der Waals surface area contributed by atoms with Crippen molar-refractivity contribution in [2.45, 2.75) is 46.0 Å². The summed E-state index contributed by atoms with van der Waals surface area (Å²) < 4.78 is 21.2. The minimum Gasteiger partial charge on any atom is -0.462 e. The number of esters is 4. The Hall–Kier alpha value is -4.74. The topological polar surface area (TPSA) is 154 Å². The first-order valence-corrected chi connectivity index (χ1v) is 11.5. The lowest BCUT2D eigenvalue weighted by atomic mass is 10.0. The summed E-state index contributed by atoms with van der Waals surface area (Å²) in [5.41, 5.74) is 6.89. The zero-order valence-corrected chi connectivity index (χ0v) is 21.5. The maximum atomic E-state index is 12.1. The Kier molecular flexibility index (Phi) is 11.9. The third kappa shape index (κ3) is 10.9. The van der Waals surface area contributed by atoms with E-state index in [9.17, 15) is 19.2 Å². The molecule has 0 unspecified atom stereocenters. The van der Waals surface area contributed by atoms with Gasteiger partial charge in [0.2, 0.25) is 0 Å². The van der Waals surface area contributed by atoms with E-state index in [-0.39, 0.29) is 5.71 Å². The number of carbonyl (C=O) groups is 4. The van der Waals surface area contributed by atoms with Gasteiger partial charge in [0.25, 0.3) is 0 Å². The van der Waals surface area contributed by atoms with Crippen molar-refractivity contribution in [3.63, 3.8) is 0 Å². The number of nitrogens with zero attached hydrogens (tertiary/aromatic N) is 2. The van der Waals surface area contributed by atoms with Crippen molar-refractivity contribution in [3.8, 4) is 0 Å². The molecular weight excluding hydrogens is 496 g/mol. The van der Waals surface area contributed by atoms with Gasteiger partial charge in [-0.15, -0.1) is 0 Å². The predicted octanol–water partition coefficient (Wildman–Crippen LogP) is 2.91. The lowest BCUT2D eigenvalue weighted by Gasteiger charge is -2.31. The Morgan fingerprint density at radius 2 is 1.26 bits per heavy atom. The normalized spacial score (nSPS) is 13.5. The Balaban J connectivity index is 2.54. The molecule has 0 amide bonds. The van der Waals surface area contributed by atoms with Crippen LogP contribution in [0.2, 0.25) is 0 Å². The van der Waals surface area contributed by atoms with Crippen LogP contribution in [0.3, 0.4) is 0 Å². The van der Waals surface area contributed by atoms with Gasteiger partial charge >= 0.3 is 23.9 Å². The minimum absolute atomic E-state index is 0.0151. The monoisotopic (exact) mass is 526 g/mol. The van der Waals surface area contributed by atoms with Crippen LogP contribution in [-0.2, 0) is 38.1 Å². The minimum atomic E-state index is -1.46. The Bertz CT molecular complexity index is 1140. The van der Waals surface area contributed by atoms with Crippen molar-refractivity contribution in [1.82, 2.24) is 0 Å². The van der Waals surface area contributed by atoms with E-state index in [1.807, 2.05) is 12.1 Å². The van der Waals surface area contributed by atoms with Gasteiger partial charge in [-0.2, -0.15) is 10.2 Å². The van der Waals surface area contributed by atoms with E-state index in [4.69, 9.17) is 18.9 Å². The lowest BCUT2D eigenvalue weighted by molar-refractivity contribution is -0.183. The number of para-hydroxylation sites is 2. The number of benzene rings is 2. The van der Waals surface area contributed by atoms with Crippen LogP contribution in [0.4, 0.5) is 11.4 Å². The van der Waals surface area contributed by atoms with Crippen LogP contribution >= 0.6 is 0 Å². The summed E-state index contributed by atoms with van der Waals surface area (Å²) in [6.45, 7) is 4.08. The van der Waals surface area contributed by atoms with Gasteiger partial charge in [0, 0.05) is 27.7 Å². The van der Waals surface area contributed by atoms with Crippen molar-refractivity contribution >= 4 is 47.2 Å². The third-order valence-electron chi connectivity index (χ3n) is 4.57. The maximum Gasteiger partial charge on any atom is 0.303 e. The molecule has 0 aliphatic carbocycles. The zero-order valence-electron chi connectivity index (χ0n) is 21.5. The molecule has 0 spiro atoms. The van der Waals surface area contributed by atoms with E-state index in [0.29, 0.717) is 11.4 Å². The number of carbonyl (C=O) groups excluding carboxylic acids is 4. The van der Waals surface area contributed by atoms with Gasteiger partial charge in [0.15, 0.2) is 18.3 Å². The highest BCUT2D eigenvalue weighted by Gasteiger charge is 2.40. The number of hydrazone groups is 2. The molecule has 0 aliphatic rings. The Morgan fingerprint density at radius 1 is 0.737 bits per heavy atom. The molecule has 12 heteroatoms. The number of ether oxygens (including phenoxy) is 4. The van der Waals surface area contributed by atoms with Crippen molar-refractivity contribution in [3.05, 3.63) is 60.7 Å². The Labute approximate surface area is 220 Å². The van der Waals surface area contributed by atoms with E-state index in [1.165, 1.54) is 6.21 Å². The van der Waals surface area contributed by atoms with E-state index in [2.05, 4.69) is 21.1 Å². The van der Waals surface area contributed by atoms with E-state index in [1.54, 1.807) is 48.5 Å². The highest BCUT2D eigenvalue weighted by Crippen LogP contribution is 2.17. The fourth-order valence-electron chi connectivity index (χ4n) is 3.10. The van der Waals surface area contributed by atoms with Crippen LogP contribution < -0.4 is 10.9 Å². The second kappa shape index (κ2) is 15.4. The van der Waals surface area contributed by atoms with Gasteiger partial charge in [0.05, 0.1) is 17.6 Å². The smallest absolute Gasteiger partial charge is 0.303 e. The molecule has 2 aromatic rings. The molecule has 2 N–H and O–H groups in total. The fourth-order valence-corrected chi connectivity index (χ4v) is 3.10. The summed E-state index contributed by atoms with van der Waals surface area (Å²) in [6, 6.07) is 17.9. The molecule has 12 nitrogen and oxygen atoms in total. The van der Waals surface area contributed by atoms with Crippen molar-refractivity contribution in [1.29, 1.82) is 0 Å². The summed E-state index contributed by atoms with van der Waals surface area (Å²) in [4.78, 5) is 47.5. The number of hydrogen-bond acceptors (Lipinski definition) is 12. The molecule has 38 heavy (non-hydrogen) atoms. The quantitative estimate of drug-likeness (QED) is 0.172. The number of hydrogen-bond donors (Lipinski definition) is 2. The van der Waals surface area contributed by atoms with Gasteiger partial charge in [-0.3, -0.25) is 30.0 Å². The van der Waals surface area contributed by atoms with Crippen LogP contribution in [0, 0.1) is 0 Å². The first kappa shape index (κ1) is 29.5. The van der Waals surface area contributed by atoms with Crippen LogP contribution in [-0.4, -0.2) is 60.7 Å². The lowest BCUT2D eigenvalue weighted by Crippen LogP contribution is -2.51. The molecule has 3 atom stereocenters. The number of anilines is 2. The third-order valence-corrected chi connectivity index (χ3v) is 4.57. The van der Waals surface area contributed by atoms with Crippen LogP contribution in [0.25, 0.3) is 0 Å². The van der Waals surface area contributed by atoms with E-state index < -0.39 is 48.8 Å². The molecule has 2 aromatic carbocycles. The second-order valence-electron chi connectivity index (χ2n) is 7.81. The van der Waals surface area contributed by atoms with Gasteiger partial charge in [-0.05, 0) is 24.3 Å². The standard InChI is InChI=1S/C26H30N4O8/c1-17(31)35-16-24(36-18(2)32)26(38-20(4)34)25(37-19(3)33)23(30-29-22-13-9-6-10-14-22)15-27-28-21-11-7-5-8-12-21/h5-15,24-26,28-29H,16H2,1-4H3/b27-15+,30-23+/t24-,25+,26+/m0/s1. The van der Waals surface area contributed by atoms with E-state index >= 15 is 0 Å². The van der Waals surface area contributed by atoms with E-state index in [0.717, 1.165) is 27.7 Å². The molecule has 0 saturated carbocycles. The highest BCUT2D eigenvalue weighted by atomic mass is 16.6. The van der Waals surface area contributed by atoms with Gasteiger partial charge in [0.1, 0.15) is 12.3 Å². The first-order chi connectivity index (χ1) is 18.2. The number of nitrogens with one attached hydrogen (secondary N) is 2. The summed E-state index contributed by atoms with van der Waals surface area (Å²) >= 11 is 0. The van der Waals surface area contributed by atoms with Crippen LogP contribution in [0.5, 0.6) is 0 Å². The molecule has 0 radical (unpaired) electrons. The second-order valence-corrected chi connectivity index (χ2v) is 7.81. The largest absolute Gasteiger partial charge is 0.462 e. The zero-order chi connectivity index (χ0) is 27.9. The van der Waals surface area contributed by atoms with Gasteiger partial charge in [-0.25, -0.2) is 0 Å². The fraction of sp³-hybridized carbons (Fsp3) is 0.308. The van der Waals surface area contributed by atoms with Crippen molar-refractivity contribution in [2.75, 3.05) is 17.5 Å². The Morgan fingerprint density at radius 3 is 1.76 bits per heavy atom. The maximum absolute atomic E-state index is 12.1. The summed E-state index contributed by atoms with van der Waals surface area (Å²) in [5, 5.41) is 8.49. The average Bonchev–Trinajstić information content (AvgIpc) is 2.87. The molecule has 0 aromatic heterocycles. The summed E-state index contributed by atoms with van der Waals surface area (Å²) in [7, 11) is 0. The number of rotatable bonds is 13. The molecule has 202 valence electrons. The predicted molar refractivity (Wildman–Crippen MR) is 139 cm³/mol. The molecule has 0 aliphatic heterocycles. The molecular formula is C26H30N4O8. The van der Waals surface area contributed by atoms with Gasteiger partial charge < -0.3 is 18.9 Å². The van der Waals surface area contributed by atoms with Crippen LogP contribution in [0.15, 0.2) is 70.9 Å². The molecule has 0 bridgehead atoms. The average molecular weight is 527 g/mol. The molecule has 0 heterocycles. The highest BCUT2D eigenvalue weighted by molar-refractivity contribution is 6.33. The SMILES string of the molecule is CC(=O)OC[C@H](OC(C)=O)[C@@H](OC(C)=O)[C@H](OC(C)=O)C(/C=N/Nc1ccccc1)=N/Nc1ccccc1. The van der Waals surface area contributed by atoms with Crippen molar-refractivity contribution in [2.24, 2.45) is 10.2 Å². The van der Waals surface area contributed by atoms with Crippen LogP contribution in [0.1, 0.15) is 27.7 Å². The molecule has 0 fully saturated rings. The summed E-state index contributed by atoms with van der Waals surface area (Å²) in [6.07, 6.45) is -2.99.